The van der Waals surface area contributed by atoms with Crippen LogP contribution in [0.4, 0.5) is 5.69 Å². The zero-order valence-corrected chi connectivity index (χ0v) is 12.6. The van der Waals surface area contributed by atoms with Gasteiger partial charge in [-0.15, -0.1) is 0 Å². The number of guanidine groups is 1. The van der Waals surface area contributed by atoms with Crippen LogP contribution in [-0.4, -0.2) is 41.4 Å². The molecule has 0 aliphatic heterocycles. The van der Waals surface area contributed by atoms with Gasteiger partial charge in [0.1, 0.15) is 0 Å². The second-order valence-corrected chi connectivity index (χ2v) is 4.84. The Morgan fingerprint density at radius 2 is 2.00 bits per heavy atom. The Bertz CT molecular complexity index is 625. The molecular weight excluding hydrogens is 302 g/mol. The molecule has 1 atom stereocenters. The van der Waals surface area contributed by atoms with Gasteiger partial charge in [-0.2, -0.15) is 0 Å². The molecular formula is C14H19N5O4. The molecule has 2 amide bonds. The lowest BCUT2D eigenvalue weighted by molar-refractivity contribution is -0.137. The summed E-state index contributed by atoms with van der Waals surface area (Å²) < 4.78 is 0. The smallest absolute Gasteiger partial charge is 0.305 e. The van der Waals surface area contributed by atoms with Gasteiger partial charge < -0.3 is 27.2 Å². The molecule has 1 rings (SSSR count). The van der Waals surface area contributed by atoms with Crippen molar-refractivity contribution in [2.45, 2.75) is 19.4 Å². The summed E-state index contributed by atoms with van der Waals surface area (Å²) in [7, 11) is 0. The van der Waals surface area contributed by atoms with E-state index >= 15 is 0 Å². The van der Waals surface area contributed by atoms with Gasteiger partial charge in [-0.25, -0.2) is 4.99 Å². The minimum Gasteiger partial charge on any atom is -0.481 e. The maximum atomic E-state index is 12.0. The summed E-state index contributed by atoms with van der Waals surface area (Å²) in [4.78, 5) is 37.9. The average molecular weight is 321 g/mol. The fourth-order valence-corrected chi connectivity index (χ4v) is 1.77. The number of nitrogens with zero attached hydrogens (tertiary/aromatic N) is 1. The van der Waals surface area contributed by atoms with Gasteiger partial charge in [-0.3, -0.25) is 14.4 Å². The Morgan fingerprint density at radius 3 is 2.61 bits per heavy atom. The number of nitrogens with one attached hydrogen (secondary N) is 2. The first-order chi connectivity index (χ1) is 10.8. The summed E-state index contributed by atoms with van der Waals surface area (Å²) >= 11 is 0. The summed E-state index contributed by atoms with van der Waals surface area (Å²) in [5, 5.41) is 13.5. The highest BCUT2D eigenvalue weighted by molar-refractivity contribution is 5.97. The topological polar surface area (TPSA) is 160 Å². The average Bonchev–Trinajstić information content (AvgIpc) is 2.43. The third-order valence-electron chi connectivity index (χ3n) is 2.66. The second kappa shape index (κ2) is 8.37. The van der Waals surface area contributed by atoms with E-state index in [-0.39, 0.29) is 18.9 Å². The molecule has 1 aromatic carbocycles. The van der Waals surface area contributed by atoms with Crippen LogP contribution in [0.15, 0.2) is 29.3 Å². The predicted octanol–water partition coefficient (Wildman–Crippen LogP) is -0.699. The summed E-state index contributed by atoms with van der Waals surface area (Å²) in [6.07, 6.45) is -0.194. The molecule has 9 heteroatoms. The number of carboxylic acid groups (broad SMARTS) is 1. The SMILES string of the molecule is C[C@@H](CC(=O)O)NC(=O)CNC(=O)c1cccc(N=C(N)N)c1. The monoisotopic (exact) mass is 321 g/mol. The molecule has 0 saturated carbocycles. The number of amides is 2. The fourth-order valence-electron chi connectivity index (χ4n) is 1.77. The Hall–Kier alpha value is -3.10. The van der Waals surface area contributed by atoms with Crippen LogP contribution in [0.5, 0.6) is 0 Å². The normalized spacial score (nSPS) is 11.2. The third-order valence-corrected chi connectivity index (χ3v) is 2.66. The fraction of sp³-hybridized carbons (Fsp3) is 0.286. The standard InChI is InChI=1S/C14H19N5O4/c1-8(5-12(21)22)18-11(20)7-17-13(23)9-3-2-4-10(6-9)19-14(15)16/h2-4,6,8H,5,7H2,1H3,(H,17,23)(H,18,20)(H,21,22)(H4,15,16,19)/t8-/m0/s1. The van der Waals surface area contributed by atoms with Gasteiger partial charge in [-0.1, -0.05) is 6.07 Å². The molecule has 0 aliphatic carbocycles. The van der Waals surface area contributed by atoms with E-state index in [4.69, 9.17) is 16.6 Å². The molecule has 0 bridgehead atoms. The van der Waals surface area contributed by atoms with E-state index < -0.39 is 23.8 Å². The molecule has 0 unspecified atom stereocenters. The van der Waals surface area contributed by atoms with Crippen LogP contribution in [0, 0.1) is 0 Å². The van der Waals surface area contributed by atoms with Crippen molar-refractivity contribution in [3.8, 4) is 0 Å². The lowest BCUT2D eigenvalue weighted by Crippen LogP contribution is -2.41. The van der Waals surface area contributed by atoms with Gasteiger partial charge in [-0.05, 0) is 25.1 Å². The molecule has 9 nitrogen and oxygen atoms in total. The maximum Gasteiger partial charge on any atom is 0.305 e. The minimum absolute atomic E-state index is 0.130. The Kier molecular flexibility index (Phi) is 6.53. The zero-order valence-electron chi connectivity index (χ0n) is 12.6. The van der Waals surface area contributed by atoms with Crippen LogP contribution >= 0.6 is 0 Å². The third kappa shape index (κ3) is 6.93. The number of carbonyl (C=O) groups excluding carboxylic acids is 2. The molecule has 1 aromatic rings. The molecule has 0 heterocycles. The number of nitrogens with two attached hydrogens (primary N) is 2. The number of hydrogen-bond donors (Lipinski definition) is 5. The van der Waals surface area contributed by atoms with Gasteiger partial charge >= 0.3 is 5.97 Å². The number of aliphatic imine (C=N–C) groups is 1. The Morgan fingerprint density at radius 1 is 1.30 bits per heavy atom. The van der Waals surface area contributed by atoms with Gasteiger partial charge in [0.15, 0.2) is 5.96 Å². The number of carboxylic acids is 1. The van der Waals surface area contributed by atoms with Crippen molar-refractivity contribution in [1.29, 1.82) is 0 Å². The second-order valence-electron chi connectivity index (χ2n) is 4.84. The first-order valence-electron chi connectivity index (χ1n) is 6.77. The van der Waals surface area contributed by atoms with E-state index in [0.717, 1.165) is 0 Å². The lowest BCUT2D eigenvalue weighted by atomic mass is 10.2. The van der Waals surface area contributed by atoms with Crippen molar-refractivity contribution in [2.24, 2.45) is 16.5 Å². The van der Waals surface area contributed by atoms with Crippen LogP contribution in [0.2, 0.25) is 0 Å². The van der Waals surface area contributed by atoms with Crippen LogP contribution in [-0.2, 0) is 9.59 Å². The molecule has 7 N–H and O–H groups in total. The first kappa shape index (κ1) is 18.0. The van der Waals surface area contributed by atoms with Crippen molar-refractivity contribution in [2.75, 3.05) is 6.54 Å². The first-order valence-corrected chi connectivity index (χ1v) is 6.77. The van der Waals surface area contributed by atoms with E-state index in [1.807, 2.05) is 0 Å². The molecule has 0 saturated heterocycles. The van der Waals surface area contributed by atoms with Crippen molar-refractivity contribution < 1.29 is 19.5 Å². The molecule has 0 fully saturated rings. The number of rotatable bonds is 7. The van der Waals surface area contributed by atoms with E-state index in [1.165, 1.54) is 6.07 Å². The Labute approximate surface area is 132 Å². The number of benzene rings is 1. The lowest BCUT2D eigenvalue weighted by Gasteiger charge is -2.12. The minimum atomic E-state index is -1.02. The van der Waals surface area contributed by atoms with E-state index in [9.17, 15) is 14.4 Å². The molecule has 0 aromatic heterocycles. The van der Waals surface area contributed by atoms with Crippen LogP contribution in [0.3, 0.4) is 0 Å². The van der Waals surface area contributed by atoms with Gasteiger partial charge in [0.2, 0.25) is 5.91 Å². The van der Waals surface area contributed by atoms with Crippen molar-refractivity contribution in [3.05, 3.63) is 29.8 Å². The van der Waals surface area contributed by atoms with Crippen LogP contribution in [0.1, 0.15) is 23.7 Å². The highest BCUT2D eigenvalue weighted by Gasteiger charge is 2.12. The highest BCUT2D eigenvalue weighted by Crippen LogP contribution is 2.13. The molecule has 23 heavy (non-hydrogen) atoms. The summed E-state index contributed by atoms with van der Waals surface area (Å²) in [6, 6.07) is 5.72. The zero-order chi connectivity index (χ0) is 17.4. The number of hydrogen-bond acceptors (Lipinski definition) is 4. The molecule has 0 aliphatic rings. The summed E-state index contributed by atoms with van der Waals surface area (Å²) in [6.45, 7) is 1.29. The predicted molar refractivity (Wildman–Crippen MR) is 84.1 cm³/mol. The van der Waals surface area contributed by atoms with Crippen LogP contribution < -0.4 is 22.1 Å². The van der Waals surface area contributed by atoms with Gasteiger partial charge in [0.05, 0.1) is 18.7 Å². The Balaban J connectivity index is 2.55. The quantitative estimate of drug-likeness (QED) is 0.330. The van der Waals surface area contributed by atoms with Gasteiger partial charge in [0, 0.05) is 11.6 Å². The van der Waals surface area contributed by atoms with Crippen molar-refractivity contribution in [1.82, 2.24) is 10.6 Å². The largest absolute Gasteiger partial charge is 0.481 e. The summed E-state index contributed by atoms with van der Waals surface area (Å²) in [5.74, 6) is -2.10. The van der Waals surface area contributed by atoms with Gasteiger partial charge in [0.25, 0.3) is 5.91 Å². The number of carbonyl (C=O) groups is 3. The van der Waals surface area contributed by atoms with E-state index in [2.05, 4.69) is 15.6 Å². The molecule has 124 valence electrons. The molecule has 0 spiro atoms. The van der Waals surface area contributed by atoms with Crippen molar-refractivity contribution in [3.63, 3.8) is 0 Å². The van der Waals surface area contributed by atoms with Crippen LogP contribution in [0.25, 0.3) is 0 Å². The highest BCUT2D eigenvalue weighted by atomic mass is 16.4. The molecule has 0 radical (unpaired) electrons. The summed E-state index contributed by atoms with van der Waals surface area (Å²) in [5.41, 5.74) is 11.2. The number of aliphatic carboxylic acids is 1. The van der Waals surface area contributed by atoms with E-state index in [1.54, 1.807) is 25.1 Å². The van der Waals surface area contributed by atoms with E-state index in [0.29, 0.717) is 11.3 Å². The maximum absolute atomic E-state index is 12.0. The van der Waals surface area contributed by atoms with Crippen molar-refractivity contribution >= 4 is 29.4 Å².